The molecule has 1 aliphatic carbocycles. The lowest BCUT2D eigenvalue weighted by Crippen LogP contribution is -2.46. The molecule has 2 fully saturated rings. The lowest BCUT2D eigenvalue weighted by atomic mass is 9.88. The highest BCUT2D eigenvalue weighted by Crippen LogP contribution is 2.27. The maximum Gasteiger partial charge on any atom is 0.251 e. The number of likely N-dealkylation sites (tertiary alicyclic amines) is 1. The van der Waals surface area contributed by atoms with Crippen LogP contribution >= 0.6 is 12.4 Å². The van der Waals surface area contributed by atoms with Gasteiger partial charge < -0.3 is 16.0 Å². The van der Waals surface area contributed by atoms with E-state index in [1.165, 1.54) is 38.8 Å². The van der Waals surface area contributed by atoms with Gasteiger partial charge in [0.05, 0.1) is 0 Å². The van der Waals surface area contributed by atoms with Gasteiger partial charge in [0.1, 0.15) is 0 Å². The number of carbonyl (C=O) groups is 1. The average molecular weight is 366 g/mol. The highest BCUT2D eigenvalue weighted by atomic mass is 35.5. The number of hydrogen-bond donors (Lipinski definition) is 2. The monoisotopic (exact) mass is 365 g/mol. The number of nitrogens with one attached hydrogen (secondary N) is 1. The highest BCUT2D eigenvalue weighted by molar-refractivity contribution is 5.94. The van der Waals surface area contributed by atoms with E-state index in [0.29, 0.717) is 12.6 Å². The van der Waals surface area contributed by atoms with Crippen molar-refractivity contribution in [1.29, 1.82) is 0 Å². The van der Waals surface area contributed by atoms with Crippen molar-refractivity contribution in [3.63, 3.8) is 0 Å². The van der Waals surface area contributed by atoms with Crippen LogP contribution in [0.15, 0.2) is 24.3 Å². The summed E-state index contributed by atoms with van der Waals surface area (Å²) in [5.41, 5.74) is 7.40. The first-order valence-electron chi connectivity index (χ1n) is 9.49. The smallest absolute Gasteiger partial charge is 0.251 e. The Morgan fingerprint density at radius 3 is 2.24 bits per heavy atom. The van der Waals surface area contributed by atoms with Crippen LogP contribution in [0.1, 0.15) is 61.4 Å². The van der Waals surface area contributed by atoms with Crippen LogP contribution < -0.4 is 11.1 Å². The van der Waals surface area contributed by atoms with E-state index in [0.717, 1.165) is 35.9 Å². The van der Waals surface area contributed by atoms with E-state index < -0.39 is 0 Å². The molecule has 0 aromatic heterocycles. The Labute approximate surface area is 157 Å². The predicted molar refractivity (Wildman–Crippen MR) is 105 cm³/mol. The minimum atomic E-state index is 0. The lowest BCUT2D eigenvalue weighted by molar-refractivity contribution is 0.0860. The first-order valence-corrected chi connectivity index (χ1v) is 9.49. The molecule has 1 aromatic carbocycles. The minimum Gasteiger partial charge on any atom is -0.349 e. The van der Waals surface area contributed by atoms with Gasteiger partial charge in [0, 0.05) is 24.2 Å². The van der Waals surface area contributed by atoms with Gasteiger partial charge in [-0.3, -0.25) is 4.79 Å². The Morgan fingerprint density at radius 1 is 1.08 bits per heavy atom. The molecule has 1 amide bonds. The molecule has 3 N–H and O–H groups in total. The van der Waals surface area contributed by atoms with Gasteiger partial charge in [-0.2, -0.15) is 0 Å². The van der Waals surface area contributed by atoms with E-state index in [2.05, 4.69) is 17.1 Å². The van der Waals surface area contributed by atoms with Crippen LogP contribution in [-0.2, 0) is 6.54 Å². The summed E-state index contributed by atoms with van der Waals surface area (Å²) in [6.07, 6.45) is 7.31. The molecule has 0 atom stereocenters. The molecule has 0 unspecified atom stereocenters. The first kappa shape index (κ1) is 20.2. The summed E-state index contributed by atoms with van der Waals surface area (Å²) >= 11 is 0. The van der Waals surface area contributed by atoms with Crippen molar-refractivity contribution in [2.45, 2.75) is 64.1 Å². The largest absolute Gasteiger partial charge is 0.349 e. The van der Waals surface area contributed by atoms with Gasteiger partial charge in [0.2, 0.25) is 0 Å². The maximum absolute atomic E-state index is 12.4. The van der Waals surface area contributed by atoms with Crippen LogP contribution in [0.5, 0.6) is 0 Å². The number of hydrogen-bond acceptors (Lipinski definition) is 3. The molecule has 1 heterocycles. The summed E-state index contributed by atoms with van der Waals surface area (Å²) < 4.78 is 0. The number of halogens is 1. The van der Waals surface area contributed by atoms with Crippen LogP contribution in [0.25, 0.3) is 0 Å². The normalized spacial score (nSPS) is 25.2. The molecule has 140 valence electrons. The fourth-order valence-corrected chi connectivity index (χ4v) is 4.04. The second-order valence-electron chi connectivity index (χ2n) is 7.60. The molecule has 0 radical (unpaired) electrons. The zero-order chi connectivity index (χ0) is 16.9. The van der Waals surface area contributed by atoms with E-state index in [4.69, 9.17) is 5.73 Å². The van der Waals surface area contributed by atoms with Crippen molar-refractivity contribution < 1.29 is 4.79 Å². The van der Waals surface area contributed by atoms with Gasteiger partial charge in [-0.05, 0) is 75.2 Å². The van der Waals surface area contributed by atoms with Crippen molar-refractivity contribution >= 4 is 18.3 Å². The standard InChI is InChI=1S/C20H31N3O.ClH/c1-15-10-12-23(13-11-15)19-8-6-18(7-9-19)22-20(24)17-4-2-16(14-21)3-5-17;/h2-5,15,18-19H,6-14,21H2,1H3,(H,22,24);1H. The van der Waals surface area contributed by atoms with E-state index in [-0.39, 0.29) is 18.3 Å². The van der Waals surface area contributed by atoms with E-state index >= 15 is 0 Å². The van der Waals surface area contributed by atoms with E-state index in [9.17, 15) is 4.79 Å². The lowest BCUT2D eigenvalue weighted by Gasteiger charge is -2.40. The van der Waals surface area contributed by atoms with Crippen LogP contribution in [0, 0.1) is 5.92 Å². The van der Waals surface area contributed by atoms with Crippen molar-refractivity contribution in [2.24, 2.45) is 11.7 Å². The maximum atomic E-state index is 12.4. The fourth-order valence-electron chi connectivity index (χ4n) is 4.04. The Bertz CT molecular complexity index is 532. The van der Waals surface area contributed by atoms with E-state index in [1.54, 1.807) is 0 Å². The number of nitrogens with two attached hydrogens (primary N) is 1. The Morgan fingerprint density at radius 2 is 1.68 bits per heavy atom. The molecule has 1 saturated heterocycles. The van der Waals surface area contributed by atoms with Crippen LogP contribution in [0.2, 0.25) is 0 Å². The zero-order valence-electron chi connectivity index (χ0n) is 15.2. The van der Waals surface area contributed by atoms with Gasteiger partial charge in [-0.15, -0.1) is 12.4 Å². The highest BCUT2D eigenvalue weighted by Gasteiger charge is 2.28. The predicted octanol–water partition coefficient (Wildman–Crippen LogP) is 3.34. The van der Waals surface area contributed by atoms with Crippen molar-refractivity contribution in [3.05, 3.63) is 35.4 Å². The molecule has 1 aromatic rings. The fraction of sp³-hybridized carbons (Fsp3) is 0.650. The van der Waals surface area contributed by atoms with Gasteiger partial charge in [0.25, 0.3) is 5.91 Å². The van der Waals surface area contributed by atoms with Crippen LogP contribution in [-0.4, -0.2) is 36.0 Å². The first-order chi connectivity index (χ1) is 11.7. The summed E-state index contributed by atoms with van der Waals surface area (Å²) in [6, 6.07) is 8.67. The minimum absolute atomic E-state index is 0. The molecule has 25 heavy (non-hydrogen) atoms. The third-order valence-electron chi connectivity index (χ3n) is 5.82. The Balaban J connectivity index is 0.00000225. The quantitative estimate of drug-likeness (QED) is 0.860. The molecule has 1 saturated carbocycles. The Kier molecular flexibility index (Phi) is 7.73. The zero-order valence-corrected chi connectivity index (χ0v) is 16.1. The van der Waals surface area contributed by atoms with Crippen LogP contribution in [0.4, 0.5) is 0 Å². The second-order valence-corrected chi connectivity index (χ2v) is 7.60. The molecule has 3 rings (SSSR count). The molecular formula is C20H32ClN3O. The van der Waals surface area contributed by atoms with Crippen LogP contribution in [0.3, 0.4) is 0 Å². The summed E-state index contributed by atoms with van der Waals surface area (Å²) in [5, 5.41) is 3.21. The van der Waals surface area contributed by atoms with Gasteiger partial charge in [-0.25, -0.2) is 0 Å². The molecule has 0 spiro atoms. The third-order valence-corrected chi connectivity index (χ3v) is 5.82. The van der Waals surface area contributed by atoms with Gasteiger partial charge in [0.15, 0.2) is 0 Å². The molecule has 4 nitrogen and oxygen atoms in total. The third kappa shape index (κ3) is 5.44. The summed E-state index contributed by atoms with van der Waals surface area (Å²) in [6.45, 7) is 5.40. The van der Waals surface area contributed by atoms with Crippen molar-refractivity contribution in [2.75, 3.05) is 13.1 Å². The number of benzene rings is 1. The summed E-state index contributed by atoms with van der Waals surface area (Å²) in [5.74, 6) is 0.941. The molecule has 1 aliphatic heterocycles. The van der Waals surface area contributed by atoms with Gasteiger partial charge >= 0.3 is 0 Å². The molecule has 0 bridgehead atoms. The molecule has 2 aliphatic rings. The summed E-state index contributed by atoms with van der Waals surface area (Å²) in [7, 11) is 0. The van der Waals surface area contributed by atoms with Crippen molar-refractivity contribution in [3.8, 4) is 0 Å². The van der Waals surface area contributed by atoms with E-state index in [1.807, 2.05) is 24.3 Å². The van der Waals surface area contributed by atoms with Crippen molar-refractivity contribution in [1.82, 2.24) is 10.2 Å². The number of amides is 1. The SMILES string of the molecule is CC1CCN(C2CCC(NC(=O)c3ccc(CN)cc3)CC2)CC1.Cl. The topological polar surface area (TPSA) is 58.4 Å². The van der Waals surface area contributed by atoms with Gasteiger partial charge in [-0.1, -0.05) is 19.1 Å². The summed E-state index contributed by atoms with van der Waals surface area (Å²) in [4.78, 5) is 15.1. The second kappa shape index (κ2) is 9.56. The number of carbonyl (C=O) groups excluding carboxylic acids is 1. The average Bonchev–Trinajstić information content (AvgIpc) is 2.63. The number of rotatable bonds is 4. The number of nitrogens with zero attached hydrogens (tertiary/aromatic N) is 1. The molecule has 5 heteroatoms. The number of piperidine rings is 1. The Hall–Kier alpha value is -1.10. The molecular weight excluding hydrogens is 334 g/mol.